The van der Waals surface area contributed by atoms with E-state index in [0.717, 1.165) is 5.39 Å². The van der Waals surface area contributed by atoms with Gasteiger partial charge in [0.05, 0.1) is 10.6 Å². The van der Waals surface area contributed by atoms with Crippen LogP contribution in [0.25, 0.3) is 10.9 Å². The van der Waals surface area contributed by atoms with E-state index in [1.54, 1.807) is 32.2 Å². The molecule has 17 heavy (non-hydrogen) atoms. The molecule has 0 aliphatic heterocycles. The standard InChI is InChI=1S/C13H14ClNO2/c1-13(2,16)8-17-11-6-5-10(14)9-4-3-7-15-12(9)11/h3-7,16H,8H2,1-2H3. The quantitative estimate of drug-likeness (QED) is 0.912. The molecule has 0 aliphatic carbocycles. The summed E-state index contributed by atoms with van der Waals surface area (Å²) in [7, 11) is 0. The molecule has 1 aromatic heterocycles. The molecule has 0 unspecified atom stereocenters. The molecular formula is C13H14ClNO2. The van der Waals surface area contributed by atoms with Crippen LogP contribution in [0.2, 0.25) is 5.02 Å². The number of hydrogen-bond acceptors (Lipinski definition) is 3. The van der Waals surface area contributed by atoms with Crippen molar-refractivity contribution in [2.24, 2.45) is 0 Å². The minimum absolute atomic E-state index is 0.209. The van der Waals surface area contributed by atoms with Crippen molar-refractivity contribution in [3.05, 3.63) is 35.5 Å². The summed E-state index contributed by atoms with van der Waals surface area (Å²) in [5.74, 6) is 0.632. The predicted octanol–water partition coefficient (Wildman–Crippen LogP) is 3.04. The lowest BCUT2D eigenvalue weighted by atomic mass is 10.1. The Morgan fingerprint density at radius 1 is 1.35 bits per heavy atom. The van der Waals surface area contributed by atoms with E-state index in [9.17, 15) is 5.11 Å². The Hall–Kier alpha value is -1.32. The average Bonchev–Trinajstić information content (AvgIpc) is 2.27. The van der Waals surface area contributed by atoms with Crippen LogP contribution in [0.5, 0.6) is 5.75 Å². The van der Waals surface area contributed by atoms with Crippen LogP contribution >= 0.6 is 11.6 Å². The monoisotopic (exact) mass is 251 g/mol. The minimum Gasteiger partial charge on any atom is -0.488 e. The Labute approximate surface area is 105 Å². The number of halogens is 1. The minimum atomic E-state index is -0.874. The first kappa shape index (κ1) is 12.1. The molecule has 2 aromatic rings. The molecule has 0 aliphatic rings. The maximum Gasteiger partial charge on any atom is 0.145 e. The molecule has 1 aromatic carbocycles. The second-order valence-electron chi connectivity index (χ2n) is 4.55. The number of fused-ring (bicyclic) bond motifs is 1. The third kappa shape index (κ3) is 2.87. The summed E-state index contributed by atoms with van der Waals surface area (Å²) >= 11 is 6.07. The number of hydrogen-bond donors (Lipinski definition) is 1. The van der Waals surface area contributed by atoms with Crippen molar-refractivity contribution < 1.29 is 9.84 Å². The Morgan fingerprint density at radius 2 is 2.12 bits per heavy atom. The number of aliphatic hydroxyl groups is 1. The summed E-state index contributed by atoms with van der Waals surface area (Å²) < 4.78 is 5.57. The van der Waals surface area contributed by atoms with Gasteiger partial charge in [-0.15, -0.1) is 0 Å². The van der Waals surface area contributed by atoms with Gasteiger partial charge in [-0.05, 0) is 38.1 Å². The summed E-state index contributed by atoms with van der Waals surface area (Å²) in [6.45, 7) is 3.59. The number of pyridine rings is 1. The summed E-state index contributed by atoms with van der Waals surface area (Å²) in [5.41, 5.74) is -0.162. The molecular weight excluding hydrogens is 238 g/mol. The van der Waals surface area contributed by atoms with E-state index >= 15 is 0 Å². The third-order valence-electron chi connectivity index (χ3n) is 2.26. The van der Waals surface area contributed by atoms with Crippen molar-refractivity contribution in [2.45, 2.75) is 19.4 Å². The summed E-state index contributed by atoms with van der Waals surface area (Å²) in [6, 6.07) is 7.25. The molecule has 4 heteroatoms. The highest BCUT2D eigenvalue weighted by molar-refractivity contribution is 6.35. The molecule has 3 nitrogen and oxygen atoms in total. The zero-order valence-corrected chi connectivity index (χ0v) is 10.5. The lowest BCUT2D eigenvalue weighted by Crippen LogP contribution is -2.27. The van der Waals surface area contributed by atoms with E-state index in [2.05, 4.69) is 4.98 Å². The summed E-state index contributed by atoms with van der Waals surface area (Å²) in [4.78, 5) is 4.25. The van der Waals surface area contributed by atoms with Gasteiger partial charge in [-0.1, -0.05) is 11.6 Å². The van der Waals surface area contributed by atoms with Crippen molar-refractivity contribution >= 4 is 22.5 Å². The normalized spacial score (nSPS) is 11.8. The van der Waals surface area contributed by atoms with E-state index < -0.39 is 5.60 Å². The number of aromatic nitrogens is 1. The molecule has 0 atom stereocenters. The van der Waals surface area contributed by atoms with Gasteiger partial charge >= 0.3 is 0 Å². The molecule has 90 valence electrons. The van der Waals surface area contributed by atoms with E-state index in [1.165, 1.54) is 0 Å². The fraction of sp³-hybridized carbons (Fsp3) is 0.308. The zero-order chi connectivity index (χ0) is 12.5. The fourth-order valence-electron chi connectivity index (χ4n) is 1.48. The first-order valence-corrected chi connectivity index (χ1v) is 5.73. The zero-order valence-electron chi connectivity index (χ0n) is 9.77. The fourth-order valence-corrected chi connectivity index (χ4v) is 1.70. The van der Waals surface area contributed by atoms with Gasteiger partial charge in [0.2, 0.25) is 0 Å². The second-order valence-corrected chi connectivity index (χ2v) is 4.95. The van der Waals surface area contributed by atoms with E-state index in [-0.39, 0.29) is 6.61 Å². The lowest BCUT2D eigenvalue weighted by molar-refractivity contribution is 0.0290. The molecule has 1 heterocycles. The van der Waals surface area contributed by atoms with Crippen molar-refractivity contribution in [1.29, 1.82) is 0 Å². The van der Waals surface area contributed by atoms with E-state index in [4.69, 9.17) is 16.3 Å². The van der Waals surface area contributed by atoms with Crippen LogP contribution in [0.4, 0.5) is 0 Å². The average molecular weight is 252 g/mol. The van der Waals surface area contributed by atoms with Gasteiger partial charge in [-0.25, -0.2) is 0 Å². The van der Waals surface area contributed by atoms with Gasteiger partial charge in [0, 0.05) is 11.6 Å². The lowest BCUT2D eigenvalue weighted by Gasteiger charge is -2.18. The maximum absolute atomic E-state index is 9.63. The number of benzene rings is 1. The third-order valence-corrected chi connectivity index (χ3v) is 2.59. The van der Waals surface area contributed by atoms with Gasteiger partial charge < -0.3 is 9.84 Å². The van der Waals surface area contributed by atoms with Crippen LogP contribution in [0, 0.1) is 0 Å². The van der Waals surface area contributed by atoms with Crippen LogP contribution < -0.4 is 4.74 Å². The Morgan fingerprint density at radius 3 is 2.82 bits per heavy atom. The molecule has 0 saturated carbocycles. The topological polar surface area (TPSA) is 42.4 Å². The van der Waals surface area contributed by atoms with Crippen molar-refractivity contribution in [1.82, 2.24) is 4.98 Å². The maximum atomic E-state index is 9.63. The van der Waals surface area contributed by atoms with Gasteiger partial charge in [0.15, 0.2) is 0 Å². The van der Waals surface area contributed by atoms with Crippen molar-refractivity contribution in [3.63, 3.8) is 0 Å². The second kappa shape index (κ2) is 4.51. The van der Waals surface area contributed by atoms with Crippen LogP contribution in [0.3, 0.4) is 0 Å². The van der Waals surface area contributed by atoms with Crippen molar-refractivity contribution in [2.75, 3.05) is 6.61 Å². The molecule has 0 saturated heterocycles. The summed E-state index contributed by atoms with van der Waals surface area (Å²) in [5, 5.41) is 11.1. The van der Waals surface area contributed by atoms with E-state index in [1.807, 2.05) is 12.1 Å². The van der Waals surface area contributed by atoms with Gasteiger partial charge in [-0.2, -0.15) is 0 Å². The first-order chi connectivity index (χ1) is 7.97. The largest absolute Gasteiger partial charge is 0.488 e. The molecule has 1 N–H and O–H groups in total. The van der Waals surface area contributed by atoms with Crippen LogP contribution in [0.15, 0.2) is 30.5 Å². The number of rotatable bonds is 3. The molecule has 0 spiro atoms. The molecule has 0 bridgehead atoms. The van der Waals surface area contributed by atoms with Gasteiger partial charge in [0.25, 0.3) is 0 Å². The van der Waals surface area contributed by atoms with Gasteiger partial charge in [0.1, 0.15) is 17.9 Å². The molecule has 0 amide bonds. The number of ether oxygens (including phenoxy) is 1. The van der Waals surface area contributed by atoms with Crippen LogP contribution in [-0.4, -0.2) is 22.3 Å². The van der Waals surface area contributed by atoms with Crippen LogP contribution in [-0.2, 0) is 0 Å². The smallest absolute Gasteiger partial charge is 0.145 e. The Bertz CT molecular complexity index is 534. The highest BCUT2D eigenvalue weighted by Gasteiger charge is 2.15. The van der Waals surface area contributed by atoms with E-state index in [0.29, 0.717) is 16.3 Å². The SMILES string of the molecule is CC(C)(O)COc1ccc(Cl)c2cccnc12. The molecule has 0 radical (unpaired) electrons. The molecule has 0 fully saturated rings. The first-order valence-electron chi connectivity index (χ1n) is 5.36. The Kier molecular flexibility index (Phi) is 3.22. The number of nitrogens with zero attached hydrogens (tertiary/aromatic N) is 1. The van der Waals surface area contributed by atoms with Crippen molar-refractivity contribution in [3.8, 4) is 5.75 Å². The Balaban J connectivity index is 2.38. The van der Waals surface area contributed by atoms with Gasteiger partial charge in [-0.3, -0.25) is 4.98 Å². The molecule has 2 rings (SSSR count). The van der Waals surface area contributed by atoms with Crippen LogP contribution in [0.1, 0.15) is 13.8 Å². The highest BCUT2D eigenvalue weighted by atomic mass is 35.5. The predicted molar refractivity (Wildman–Crippen MR) is 68.5 cm³/mol. The summed E-state index contributed by atoms with van der Waals surface area (Å²) in [6.07, 6.45) is 1.69. The highest BCUT2D eigenvalue weighted by Crippen LogP contribution is 2.29.